The highest BCUT2D eigenvalue weighted by molar-refractivity contribution is 7.92. The highest BCUT2D eigenvalue weighted by Crippen LogP contribution is 2.28. The van der Waals surface area contributed by atoms with Crippen molar-refractivity contribution in [3.8, 4) is 0 Å². The zero-order chi connectivity index (χ0) is 27.2. The van der Waals surface area contributed by atoms with Crippen LogP contribution < -0.4 is 9.62 Å². The third-order valence-corrected chi connectivity index (χ3v) is 8.24. The van der Waals surface area contributed by atoms with E-state index in [9.17, 15) is 18.0 Å². The lowest BCUT2D eigenvalue weighted by molar-refractivity contribution is -0.140. The Kier molecular flexibility index (Phi) is 9.10. The fourth-order valence-electron chi connectivity index (χ4n) is 4.38. The molecule has 0 unspecified atom stereocenters. The van der Waals surface area contributed by atoms with Gasteiger partial charge in [-0.15, -0.1) is 0 Å². The minimum atomic E-state index is -4.07. The normalized spacial score (nSPS) is 12.0. The van der Waals surface area contributed by atoms with Gasteiger partial charge in [0.1, 0.15) is 12.6 Å². The average Bonchev–Trinajstić information content (AvgIpc) is 2.88. The van der Waals surface area contributed by atoms with Gasteiger partial charge < -0.3 is 10.2 Å². The molecule has 0 saturated heterocycles. The predicted octanol–water partition coefficient (Wildman–Crippen LogP) is 4.36. The maximum Gasteiger partial charge on any atom is 0.264 e. The molecule has 0 fully saturated rings. The molecule has 0 saturated carbocycles. The number of rotatable bonds is 10. The highest BCUT2D eigenvalue weighted by atomic mass is 32.2. The third kappa shape index (κ3) is 6.38. The third-order valence-electron chi connectivity index (χ3n) is 6.47. The number of nitrogens with one attached hydrogen (secondary N) is 1. The summed E-state index contributed by atoms with van der Waals surface area (Å²) in [4.78, 5) is 28.3. The van der Waals surface area contributed by atoms with E-state index < -0.39 is 28.5 Å². The molecule has 8 heteroatoms. The zero-order valence-electron chi connectivity index (χ0n) is 22.1. The minimum Gasteiger partial charge on any atom is -0.357 e. The van der Waals surface area contributed by atoms with Gasteiger partial charge in [0, 0.05) is 13.6 Å². The molecule has 0 aliphatic rings. The van der Waals surface area contributed by atoms with E-state index in [1.54, 1.807) is 24.3 Å². The Morgan fingerprint density at radius 2 is 1.54 bits per heavy atom. The smallest absolute Gasteiger partial charge is 0.264 e. The first kappa shape index (κ1) is 27.9. The van der Waals surface area contributed by atoms with E-state index >= 15 is 0 Å². The van der Waals surface area contributed by atoms with Crippen molar-refractivity contribution in [3.05, 3.63) is 95.1 Å². The van der Waals surface area contributed by atoms with Crippen LogP contribution in [0.2, 0.25) is 0 Å². The molecule has 3 aromatic carbocycles. The minimum absolute atomic E-state index is 0.0894. The second-order valence-corrected chi connectivity index (χ2v) is 11.0. The quantitative estimate of drug-likeness (QED) is 0.430. The van der Waals surface area contributed by atoms with Gasteiger partial charge in [-0.3, -0.25) is 13.9 Å². The summed E-state index contributed by atoms with van der Waals surface area (Å²) in [6.07, 6.45) is 0.381. The molecule has 0 radical (unpaired) electrons. The Bertz CT molecular complexity index is 1360. The first-order chi connectivity index (χ1) is 17.6. The van der Waals surface area contributed by atoms with Crippen LogP contribution in [0.3, 0.4) is 0 Å². The van der Waals surface area contributed by atoms with Gasteiger partial charge in [-0.2, -0.15) is 0 Å². The van der Waals surface area contributed by atoms with Crippen molar-refractivity contribution in [2.75, 3.05) is 17.9 Å². The second-order valence-electron chi connectivity index (χ2n) is 9.10. The molecule has 0 heterocycles. The summed E-state index contributed by atoms with van der Waals surface area (Å²) in [7, 11) is -2.54. The summed E-state index contributed by atoms with van der Waals surface area (Å²) in [6, 6.07) is 20.4. The number of nitrogens with zero attached hydrogens (tertiary/aromatic N) is 2. The molecule has 3 aromatic rings. The molecule has 196 valence electrons. The summed E-state index contributed by atoms with van der Waals surface area (Å²) >= 11 is 0. The number of hydrogen-bond acceptors (Lipinski definition) is 4. The Balaban J connectivity index is 2.10. The highest BCUT2D eigenvalue weighted by Gasteiger charge is 2.34. The predicted molar refractivity (Wildman–Crippen MR) is 147 cm³/mol. The lowest BCUT2D eigenvalue weighted by Crippen LogP contribution is -2.52. The van der Waals surface area contributed by atoms with E-state index in [0.29, 0.717) is 12.1 Å². The first-order valence-corrected chi connectivity index (χ1v) is 13.7. The van der Waals surface area contributed by atoms with Crippen molar-refractivity contribution in [2.45, 2.75) is 51.6 Å². The summed E-state index contributed by atoms with van der Waals surface area (Å²) in [5.74, 6) is -0.758. The van der Waals surface area contributed by atoms with Gasteiger partial charge in [0.05, 0.1) is 10.6 Å². The van der Waals surface area contributed by atoms with Gasteiger partial charge in [0.25, 0.3) is 10.0 Å². The number of likely N-dealkylation sites (N-methyl/N-ethyl adjacent to an activating group) is 1. The van der Waals surface area contributed by atoms with E-state index in [2.05, 4.69) is 5.32 Å². The van der Waals surface area contributed by atoms with Crippen LogP contribution in [-0.2, 0) is 26.2 Å². The molecule has 0 spiro atoms. The second kappa shape index (κ2) is 12.1. The number of anilines is 1. The Morgan fingerprint density at radius 1 is 0.892 bits per heavy atom. The van der Waals surface area contributed by atoms with Crippen LogP contribution >= 0.6 is 0 Å². The summed E-state index contributed by atoms with van der Waals surface area (Å²) in [6.45, 7) is 7.27. The fourth-order valence-corrected chi connectivity index (χ4v) is 5.88. The number of benzene rings is 3. The Labute approximate surface area is 220 Å². The van der Waals surface area contributed by atoms with E-state index in [4.69, 9.17) is 0 Å². The summed E-state index contributed by atoms with van der Waals surface area (Å²) < 4.78 is 28.8. The molecule has 0 aliphatic heterocycles. The van der Waals surface area contributed by atoms with E-state index in [1.807, 2.05) is 64.1 Å². The molecule has 37 heavy (non-hydrogen) atoms. The van der Waals surface area contributed by atoms with Crippen LogP contribution in [0, 0.1) is 20.8 Å². The fraction of sp³-hybridized carbons (Fsp3) is 0.310. The Morgan fingerprint density at radius 3 is 2.14 bits per heavy atom. The number of amides is 2. The largest absolute Gasteiger partial charge is 0.357 e. The number of hydrogen-bond donors (Lipinski definition) is 1. The van der Waals surface area contributed by atoms with Crippen molar-refractivity contribution < 1.29 is 18.0 Å². The molecule has 2 amide bonds. The standard InChI is InChI=1S/C29H35N3O4S/c1-6-26(29(34)30-5)31(19-24-13-11-10-12-22(24)3)28(33)20-32(27-17-16-21(2)18-23(27)4)37(35,36)25-14-8-7-9-15-25/h7-18,26H,6,19-20H2,1-5H3,(H,30,34)/t26-/m1/s1. The van der Waals surface area contributed by atoms with Gasteiger partial charge in [-0.25, -0.2) is 8.42 Å². The lowest BCUT2D eigenvalue weighted by Gasteiger charge is -2.33. The Hall–Kier alpha value is -3.65. The van der Waals surface area contributed by atoms with Gasteiger partial charge in [-0.05, 0) is 62.1 Å². The van der Waals surface area contributed by atoms with Crippen LogP contribution in [0.1, 0.15) is 35.6 Å². The van der Waals surface area contributed by atoms with Crippen LogP contribution in [0.25, 0.3) is 0 Å². The monoisotopic (exact) mass is 521 g/mol. The van der Waals surface area contributed by atoms with Crippen LogP contribution in [0.15, 0.2) is 77.7 Å². The molecule has 1 atom stereocenters. The van der Waals surface area contributed by atoms with Gasteiger partial charge in [-0.1, -0.05) is 67.1 Å². The van der Waals surface area contributed by atoms with Crippen molar-refractivity contribution in [1.82, 2.24) is 10.2 Å². The maximum atomic E-state index is 14.0. The molecule has 0 aliphatic carbocycles. The number of carbonyl (C=O) groups excluding carboxylic acids is 2. The zero-order valence-corrected chi connectivity index (χ0v) is 22.9. The van der Waals surface area contributed by atoms with Gasteiger partial charge >= 0.3 is 0 Å². The average molecular weight is 522 g/mol. The van der Waals surface area contributed by atoms with E-state index in [1.165, 1.54) is 24.1 Å². The van der Waals surface area contributed by atoms with Crippen molar-refractivity contribution in [2.24, 2.45) is 0 Å². The number of sulfonamides is 1. The van der Waals surface area contributed by atoms with Gasteiger partial charge in [0.15, 0.2) is 0 Å². The summed E-state index contributed by atoms with van der Waals surface area (Å²) in [5.41, 5.74) is 4.01. The molecule has 3 rings (SSSR count). The van der Waals surface area contributed by atoms with Crippen LogP contribution in [0.5, 0.6) is 0 Å². The van der Waals surface area contributed by atoms with Crippen molar-refractivity contribution in [3.63, 3.8) is 0 Å². The molecule has 1 N–H and O–H groups in total. The molecular weight excluding hydrogens is 486 g/mol. The van der Waals surface area contributed by atoms with E-state index in [0.717, 1.165) is 26.6 Å². The summed E-state index contributed by atoms with van der Waals surface area (Å²) in [5, 5.41) is 2.64. The maximum absolute atomic E-state index is 14.0. The van der Waals surface area contributed by atoms with Crippen LogP contribution in [0.4, 0.5) is 5.69 Å². The SMILES string of the molecule is CC[C@H](C(=O)NC)N(Cc1ccccc1C)C(=O)CN(c1ccc(C)cc1C)S(=O)(=O)c1ccccc1. The van der Waals surface area contributed by atoms with Gasteiger partial charge in [0.2, 0.25) is 11.8 Å². The lowest BCUT2D eigenvalue weighted by atomic mass is 10.1. The molecular formula is C29H35N3O4S. The molecule has 7 nitrogen and oxygen atoms in total. The number of aryl methyl sites for hydroxylation is 3. The van der Waals surface area contributed by atoms with Crippen molar-refractivity contribution >= 4 is 27.5 Å². The van der Waals surface area contributed by atoms with Crippen LogP contribution in [-0.4, -0.2) is 44.8 Å². The molecule has 0 bridgehead atoms. The molecule has 0 aromatic heterocycles. The topological polar surface area (TPSA) is 86.8 Å². The number of carbonyl (C=O) groups is 2. The van der Waals surface area contributed by atoms with E-state index in [-0.39, 0.29) is 17.3 Å². The van der Waals surface area contributed by atoms with Crippen molar-refractivity contribution in [1.29, 1.82) is 0 Å². The first-order valence-electron chi connectivity index (χ1n) is 12.3.